The van der Waals surface area contributed by atoms with Crippen molar-refractivity contribution in [3.8, 4) is 0 Å². The van der Waals surface area contributed by atoms with Gasteiger partial charge in [0.1, 0.15) is 12.2 Å². The molecular formula is C14H17N5. The van der Waals surface area contributed by atoms with Crippen molar-refractivity contribution >= 4 is 10.9 Å². The summed E-state index contributed by atoms with van der Waals surface area (Å²) >= 11 is 0. The maximum Gasteiger partial charge on any atom is 0.149 e. The summed E-state index contributed by atoms with van der Waals surface area (Å²) in [7, 11) is 1.96. The molecule has 1 aromatic carbocycles. The largest absolute Gasteiger partial charge is 0.361 e. The fourth-order valence-electron chi connectivity index (χ4n) is 2.25. The van der Waals surface area contributed by atoms with Gasteiger partial charge in [-0.15, -0.1) is 10.2 Å². The molecule has 0 saturated heterocycles. The Bertz CT molecular complexity index is 682. The molecule has 98 valence electrons. The van der Waals surface area contributed by atoms with Crippen LogP contribution in [0.5, 0.6) is 0 Å². The van der Waals surface area contributed by atoms with Gasteiger partial charge >= 0.3 is 0 Å². The van der Waals surface area contributed by atoms with Crippen LogP contribution < -0.4 is 5.32 Å². The van der Waals surface area contributed by atoms with Crippen LogP contribution in [0.15, 0.2) is 36.8 Å². The Kier molecular flexibility index (Phi) is 3.05. The van der Waals surface area contributed by atoms with E-state index in [1.54, 1.807) is 6.33 Å². The summed E-state index contributed by atoms with van der Waals surface area (Å²) in [4.78, 5) is 3.23. The van der Waals surface area contributed by atoms with E-state index in [0.29, 0.717) is 0 Å². The number of hydrogen-bond donors (Lipinski definition) is 2. The first-order chi connectivity index (χ1) is 9.24. The van der Waals surface area contributed by atoms with Crippen LogP contribution in [0.4, 0.5) is 0 Å². The molecule has 0 aliphatic heterocycles. The molecule has 0 spiro atoms. The highest BCUT2D eigenvalue weighted by Crippen LogP contribution is 2.15. The molecule has 2 N–H and O–H groups in total. The molecule has 0 aliphatic rings. The number of nitrogens with one attached hydrogen (secondary N) is 2. The quantitative estimate of drug-likeness (QED) is 0.751. The molecule has 0 aliphatic carbocycles. The van der Waals surface area contributed by atoms with E-state index in [9.17, 15) is 0 Å². The Morgan fingerprint density at radius 2 is 2.26 bits per heavy atom. The normalized spacial score (nSPS) is 12.9. The van der Waals surface area contributed by atoms with Crippen LogP contribution in [0.25, 0.3) is 10.9 Å². The van der Waals surface area contributed by atoms with E-state index < -0.39 is 0 Å². The van der Waals surface area contributed by atoms with Crippen molar-refractivity contribution in [3.63, 3.8) is 0 Å². The summed E-state index contributed by atoms with van der Waals surface area (Å²) < 4.78 is 1.94. The zero-order chi connectivity index (χ0) is 13.2. The smallest absolute Gasteiger partial charge is 0.149 e. The van der Waals surface area contributed by atoms with Crippen molar-refractivity contribution in [2.75, 3.05) is 0 Å². The number of nitrogens with zero attached hydrogens (tertiary/aromatic N) is 3. The number of aromatic nitrogens is 4. The molecule has 3 rings (SSSR count). The molecule has 0 saturated carbocycles. The van der Waals surface area contributed by atoms with Gasteiger partial charge in [-0.2, -0.15) is 0 Å². The summed E-state index contributed by atoms with van der Waals surface area (Å²) in [5, 5.41) is 12.7. The number of hydrogen-bond acceptors (Lipinski definition) is 3. The number of benzene rings is 1. The Labute approximate surface area is 111 Å². The fourth-order valence-corrected chi connectivity index (χ4v) is 2.25. The van der Waals surface area contributed by atoms with Crippen LogP contribution in [0.2, 0.25) is 0 Å². The van der Waals surface area contributed by atoms with Crippen LogP contribution in [0.1, 0.15) is 24.4 Å². The summed E-state index contributed by atoms with van der Waals surface area (Å²) in [5.41, 5.74) is 2.43. The number of H-pyrrole nitrogens is 1. The highest BCUT2D eigenvalue weighted by molar-refractivity contribution is 5.79. The van der Waals surface area contributed by atoms with Gasteiger partial charge in [0.25, 0.3) is 0 Å². The van der Waals surface area contributed by atoms with E-state index in [1.165, 1.54) is 16.5 Å². The first-order valence-electron chi connectivity index (χ1n) is 6.37. The zero-order valence-electron chi connectivity index (χ0n) is 11.1. The SMILES string of the molecule is CC(NCc1ccc2cc[nH]c2c1)c1nncn1C. The number of rotatable bonds is 4. The second kappa shape index (κ2) is 4.85. The average molecular weight is 255 g/mol. The lowest BCUT2D eigenvalue weighted by Gasteiger charge is -2.12. The predicted octanol–water partition coefficient (Wildman–Crippen LogP) is 2.15. The molecule has 3 aromatic rings. The third kappa shape index (κ3) is 2.37. The van der Waals surface area contributed by atoms with Gasteiger partial charge in [0.15, 0.2) is 0 Å². The number of fused-ring (bicyclic) bond motifs is 1. The summed E-state index contributed by atoms with van der Waals surface area (Å²) in [5.74, 6) is 0.945. The average Bonchev–Trinajstić information content (AvgIpc) is 3.03. The van der Waals surface area contributed by atoms with Gasteiger partial charge in [0.2, 0.25) is 0 Å². The molecule has 1 unspecified atom stereocenters. The van der Waals surface area contributed by atoms with Crippen LogP contribution >= 0.6 is 0 Å². The van der Waals surface area contributed by atoms with Crippen molar-refractivity contribution in [3.05, 3.63) is 48.2 Å². The monoisotopic (exact) mass is 255 g/mol. The molecule has 5 nitrogen and oxygen atoms in total. The first kappa shape index (κ1) is 11.9. The third-order valence-corrected chi connectivity index (χ3v) is 3.37. The van der Waals surface area contributed by atoms with Crippen molar-refractivity contribution in [1.29, 1.82) is 0 Å². The molecule has 5 heteroatoms. The van der Waals surface area contributed by atoms with E-state index in [4.69, 9.17) is 0 Å². The minimum Gasteiger partial charge on any atom is -0.361 e. The van der Waals surface area contributed by atoms with Crippen LogP contribution in [0.3, 0.4) is 0 Å². The van der Waals surface area contributed by atoms with Gasteiger partial charge in [-0.3, -0.25) is 0 Å². The molecule has 0 amide bonds. The topological polar surface area (TPSA) is 58.5 Å². The standard InChI is InChI=1S/C14H17N5/c1-10(14-18-17-9-19(14)2)16-8-11-3-4-12-5-6-15-13(12)7-11/h3-7,9-10,15-16H,8H2,1-2H3. The molecule has 19 heavy (non-hydrogen) atoms. The highest BCUT2D eigenvalue weighted by Gasteiger charge is 2.10. The first-order valence-corrected chi connectivity index (χ1v) is 6.37. The molecule has 0 fully saturated rings. The minimum atomic E-state index is 0.173. The maximum absolute atomic E-state index is 4.11. The molecule has 0 radical (unpaired) electrons. The highest BCUT2D eigenvalue weighted by atomic mass is 15.3. The lowest BCUT2D eigenvalue weighted by molar-refractivity contribution is 0.528. The Morgan fingerprint density at radius 1 is 1.37 bits per heavy atom. The van der Waals surface area contributed by atoms with Gasteiger partial charge < -0.3 is 14.9 Å². The lowest BCUT2D eigenvalue weighted by atomic mass is 10.1. The predicted molar refractivity (Wildman–Crippen MR) is 74.6 cm³/mol. The molecule has 2 heterocycles. The van der Waals surface area contributed by atoms with Gasteiger partial charge in [-0.05, 0) is 30.0 Å². The fraction of sp³-hybridized carbons (Fsp3) is 0.286. The minimum absolute atomic E-state index is 0.173. The summed E-state index contributed by atoms with van der Waals surface area (Å²) in [6, 6.07) is 8.70. The summed E-state index contributed by atoms with van der Waals surface area (Å²) in [6.45, 7) is 2.90. The van der Waals surface area contributed by atoms with E-state index >= 15 is 0 Å². The van der Waals surface area contributed by atoms with Crippen molar-refractivity contribution in [2.45, 2.75) is 19.5 Å². The van der Waals surface area contributed by atoms with Gasteiger partial charge in [0, 0.05) is 25.3 Å². The van der Waals surface area contributed by atoms with Crippen LogP contribution in [0, 0.1) is 0 Å². The molecular weight excluding hydrogens is 238 g/mol. The van der Waals surface area contributed by atoms with Gasteiger partial charge in [-0.25, -0.2) is 0 Å². The Hall–Kier alpha value is -2.14. The van der Waals surface area contributed by atoms with Crippen molar-refractivity contribution in [2.24, 2.45) is 7.05 Å². The van der Waals surface area contributed by atoms with Gasteiger partial charge in [0.05, 0.1) is 6.04 Å². The number of aromatic amines is 1. The Morgan fingerprint density at radius 3 is 3.05 bits per heavy atom. The van der Waals surface area contributed by atoms with Crippen LogP contribution in [-0.2, 0) is 13.6 Å². The van der Waals surface area contributed by atoms with Crippen LogP contribution in [-0.4, -0.2) is 19.7 Å². The second-order valence-corrected chi connectivity index (χ2v) is 4.80. The maximum atomic E-state index is 4.11. The zero-order valence-corrected chi connectivity index (χ0v) is 11.1. The van der Waals surface area contributed by atoms with E-state index in [2.05, 4.69) is 51.7 Å². The van der Waals surface area contributed by atoms with E-state index in [-0.39, 0.29) is 6.04 Å². The lowest BCUT2D eigenvalue weighted by Crippen LogP contribution is -2.21. The number of aryl methyl sites for hydroxylation is 1. The van der Waals surface area contributed by atoms with E-state index in [1.807, 2.05) is 17.8 Å². The van der Waals surface area contributed by atoms with E-state index in [0.717, 1.165) is 12.4 Å². The molecule has 2 aromatic heterocycles. The van der Waals surface area contributed by atoms with Crippen molar-refractivity contribution in [1.82, 2.24) is 25.1 Å². The summed E-state index contributed by atoms with van der Waals surface area (Å²) in [6.07, 6.45) is 3.68. The third-order valence-electron chi connectivity index (χ3n) is 3.37. The second-order valence-electron chi connectivity index (χ2n) is 4.80. The molecule has 1 atom stereocenters. The van der Waals surface area contributed by atoms with Gasteiger partial charge in [-0.1, -0.05) is 12.1 Å². The van der Waals surface area contributed by atoms with Crippen molar-refractivity contribution < 1.29 is 0 Å². The Balaban J connectivity index is 1.70. The molecule has 0 bridgehead atoms.